The molecule has 1 aromatic rings. The zero-order valence-corrected chi connectivity index (χ0v) is 11.9. The molecule has 1 aromatic carbocycles. The fraction of sp³-hybridized carbons (Fsp3) is 0.562. The van der Waals surface area contributed by atoms with Crippen LogP contribution in [0.5, 0.6) is 0 Å². The van der Waals surface area contributed by atoms with Crippen LogP contribution in [0.25, 0.3) is 0 Å². The lowest BCUT2D eigenvalue weighted by Crippen LogP contribution is -2.48. The molecule has 3 atom stereocenters. The summed E-state index contributed by atoms with van der Waals surface area (Å²) in [6, 6.07) is 8.28. The summed E-state index contributed by atoms with van der Waals surface area (Å²) < 4.78 is 5.63. The van der Waals surface area contributed by atoms with E-state index in [1.165, 1.54) is 11.1 Å². The molecule has 3 rings (SSSR count). The maximum Gasteiger partial charge on any atom is 0.252 e. The quantitative estimate of drug-likeness (QED) is 0.889. The first-order chi connectivity index (χ1) is 9.72. The summed E-state index contributed by atoms with van der Waals surface area (Å²) in [5, 5.41) is 0. The molecule has 4 nitrogen and oxygen atoms in total. The van der Waals surface area contributed by atoms with E-state index in [0.29, 0.717) is 19.1 Å². The van der Waals surface area contributed by atoms with Crippen molar-refractivity contribution in [3.63, 3.8) is 0 Å². The van der Waals surface area contributed by atoms with Gasteiger partial charge >= 0.3 is 0 Å². The summed E-state index contributed by atoms with van der Waals surface area (Å²) in [7, 11) is 0. The average Bonchev–Trinajstić information content (AvgIpc) is 2.91. The highest BCUT2D eigenvalue weighted by atomic mass is 16.5. The topological polar surface area (TPSA) is 55.6 Å². The lowest BCUT2D eigenvalue weighted by Gasteiger charge is -2.38. The van der Waals surface area contributed by atoms with Crippen LogP contribution < -0.4 is 5.73 Å². The highest BCUT2D eigenvalue weighted by Gasteiger charge is 2.38. The van der Waals surface area contributed by atoms with E-state index in [0.717, 1.165) is 19.4 Å². The standard InChI is InChI=1S/C16H22N2O2/c1-11-7-9-20-15(11)16(19)18-8-6-12-4-2-3-5-13(12)14(18)10-17/h2-5,11,14-15H,6-10,17H2,1H3. The summed E-state index contributed by atoms with van der Waals surface area (Å²) in [6.07, 6.45) is 1.59. The molecular formula is C16H22N2O2. The summed E-state index contributed by atoms with van der Waals surface area (Å²) in [4.78, 5) is 14.7. The van der Waals surface area contributed by atoms with Gasteiger partial charge in [-0.25, -0.2) is 0 Å². The Labute approximate surface area is 119 Å². The first kappa shape index (κ1) is 13.6. The van der Waals surface area contributed by atoms with Crippen LogP contribution in [0, 0.1) is 5.92 Å². The highest BCUT2D eigenvalue weighted by Crippen LogP contribution is 2.31. The van der Waals surface area contributed by atoms with Gasteiger partial charge in [0.05, 0.1) is 6.04 Å². The van der Waals surface area contributed by atoms with E-state index in [4.69, 9.17) is 10.5 Å². The molecule has 1 amide bonds. The first-order valence-electron chi connectivity index (χ1n) is 7.42. The van der Waals surface area contributed by atoms with Crippen LogP contribution >= 0.6 is 0 Å². The van der Waals surface area contributed by atoms with Gasteiger partial charge in [-0.2, -0.15) is 0 Å². The van der Waals surface area contributed by atoms with Gasteiger partial charge in [0.2, 0.25) is 0 Å². The maximum absolute atomic E-state index is 12.7. The summed E-state index contributed by atoms with van der Waals surface area (Å²) in [6.45, 7) is 3.98. The fourth-order valence-electron chi connectivity index (χ4n) is 3.34. The second-order valence-electron chi connectivity index (χ2n) is 5.79. The van der Waals surface area contributed by atoms with Crippen molar-refractivity contribution in [1.29, 1.82) is 0 Å². The number of amides is 1. The normalized spacial score (nSPS) is 29.3. The van der Waals surface area contributed by atoms with Crippen LogP contribution in [0.4, 0.5) is 0 Å². The van der Waals surface area contributed by atoms with Crippen molar-refractivity contribution in [1.82, 2.24) is 4.90 Å². The van der Waals surface area contributed by atoms with E-state index in [-0.39, 0.29) is 18.1 Å². The first-order valence-corrected chi connectivity index (χ1v) is 7.42. The van der Waals surface area contributed by atoms with Crippen molar-refractivity contribution >= 4 is 5.91 Å². The number of nitrogens with two attached hydrogens (primary N) is 1. The number of carbonyl (C=O) groups excluding carboxylic acids is 1. The lowest BCUT2D eigenvalue weighted by molar-refractivity contribution is -0.145. The third-order valence-electron chi connectivity index (χ3n) is 4.55. The maximum atomic E-state index is 12.7. The van der Waals surface area contributed by atoms with Crippen LogP contribution in [-0.4, -0.2) is 36.6 Å². The van der Waals surface area contributed by atoms with Crippen molar-refractivity contribution < 1.29 is 9.53 Å². The van der Waals surface area contributed by atoms with Crippen LogP contribution in [0.3, 0.4) is 0 Å². The molecule has 2 N–H and O–H groups in total. The van der Waals surface area contributed by atoms with Crippen LogP contribution in [-0.2, 0) is 16.0 Å². The number of nitrogens with zero attached hydrogens (tertiary/aromatic N) is 1. The minimum Gasteiger partial charge on any atom is -0.368 e. The molecule has 2 aliphatic rings. The van der Waals surface area contributed by atoms with Crippen molar-refractivity contribution in [2.75, 3.05) is 19.7 Å². The van der Waals surface area contributed by atoms with Gasteiger partial charge in [0.25, 0.3) is 5.91 Å². The van der Waals surface area contributed by atoms with Gasteiger partial charge in [-0.1, -0.05) is 31.2 Å². The Balaban J connectivity index is 1.85. The third kappa shape index (κ3) is 2.23. The van der Waals surface area contributed by atoms with E-state index < -0.39 is 0 Å². The molecule has 0 aliphatic carbocycles. The second kappa shape index (κ2) is 5.54. The SMILES string of the molecule is CC1CCOC1C(=O)N1CCc2ccccc2C1CN. The zero-order chi connectivity index (χ0) is 14.1. The largest absolute Gasteiger partial charge is 0.368 e. The molecule has 0 bridgehead atoms. The number of carbonyl (C=O) groups is 1. The Morgan fingerprint density at radius 2 is 2.25 bits per heavy atom. The Bertz CT molecular complexity index is 503. The smallest absolute Gasteiger partial charge is 0.252 e. The van der Waals surface area contributed by atoms with Crippen LogP contribution in [0.1, 0.15) is 30.5 Å². The molecule has 4 heteroatoms. The molecule has 20 heavy (non-hydrogen) atoms. The lowest BCUT2D eigenvalue weighted by atomic mass is 9.91. The van der Waals surface area contributed by atoms with Gasteiger partial charge in [0, 0.05) is 19.7 Å². The van der Waals surface area contributed by atoms with E-state index in [9.17, 15) is 4.79 Å². The van der Waals surface area contributed by atoms with E-state index in [2.05, 4.69) is 19.1 Å². The Morgan fingerprint density at radius 3 is 2.95 bits per heavy atom. The second-order valence-corrected chi connectivity index (χ2v) is 5.79. The highest BCUT2D eigenvalue weighted by molar-refractivity contribution is 5.82. The molecule has 2 aliphatic heterocycles. The van der Waals surface area contributed by atoms with Crippen LogP contribution in [0.2, 0.25) is 0 Å². The molecule has 0 saturated carbocycles. The Kier molecular flexibility index (Phi) is 3.76. The summed E-state index contributed by atoms with van der Waals surface area (Å²) in [5.41, 5.74) is 8.45. The number of fused-ring (bicyclic) bond motifs is 1. The van der Waals surface area contributed by atoms with Gasteiger partial charge in [0.15, 0.2) is 0 Å². The average molecular weight is 274 g/mol. The molecule has 1 saturated heterocycles. The van der Waals surface area contributed by atoms with Crippen molar-refractivity contribution in [3.8, 4) is 0 Å². The molecule has 0 aromatic heterocycles. The Hall–Kier alpha value is -1.39. The predicted molar refractivity (Wildman–Crippen MR) is 77.2 cm³/mol. The molecule has 3 unspecified atom stereocenters. The molecular weight excluding hydrogens is 252 g/mol. The van der Waals surface area contributed by atoms with E-state index in [1.54, 1.807) is 0 Å². The summed E-state index contributed by atoms with van der Waals surface area (Å²) >= 11 is 0. The fourth-order valence-corrected chi connectivity index (χ4v) is 3.34. The van der Waals surface area contributed by atoms with Crippen molar-refractivity contribution in [2.24, 2.45) is 11.7 Å². The van der Waals surface area contributed by atoms with Crippen molar-refractivity contribution in [2.45, 2.75) is 31.9 Å². The van der Waals surface area contributed by atoms with Crippen molar-refractivity contribution in [3.05, 3.63) is 35.4 Å². The number of benzene rings is 1. The molecule has 2 heterocycles. The van der Waals surface area contributed by atoms with Crippen LogP contribution in [0.15, 0.2) is 24.3 Å². The number of hydrogen-bond acceptors (Lipinski definition) is 3. The minimum atomic E-state index is -0.283. The molecule has 0 spiro atoms. The number of hydrogen-bond donors (Lipinski definition) is 1. The molecule has 108 valence electrons. The van der Waals surface area contributed by atoms with Gasteiger partial charge in [-0.3, -0.25) is 4.79 Å². The van der Waals surface area contributed by atoms with Gasteiger partial charge < -0.3 is 15.4 Å². The van der Waals surface area contributed by atoms with E-state index >= 15 is 0 Å². The molecule has 1 fully saturated rings. The predicted octanol–water partition coefficient (Wildman–Crippen LogP) is 1.50. The minimum absolute atomic E-state index is 0.0103. The molecule has 0 radical (unpaired) electrons. The number of ether oxygens (including phenoxy) is 1. The Morgan fingerprint density at radius 1 is 1.45 bits per heavy atom. The van der Waals surface area contributed by atoms with E-state index in [1.807, 2.05) is 17.0 Å². The summed E-state index contributed by atoms with van der Waals surface area (Å²) in [5.74, 6) is 0.415. The zero-order valence-electron chi connectivity index (χ0n) is 11.9. The monoisotopic (exact) mass is 274 g/mol. The van der Waals surface area contributed by atoms with Gasteiger partial charge in [-0.15, -0.1) is 0 Å². The van der Waals surface area contributed by atoms with Gasteiger partial charge in [-0.05, 0) is 29.9 Å². The number of rotatable bonds is 2. The van der Waals surface area contributed by atoms with Gasteiger partial charge in [0.1, 0.15) is 6.10 Å². The third-order valence-corrected chi connectivity index (χ3v) is 4.55.